The van der Waals surface area contributed by atoms with Gasteiger partial charge in [-0.1, -0.05) is 129 Å². The average molecular weight is 1820 g/mol. The normalized spacial score (nSPS) is 9.92. The van der Waals surface area contributed by atoms with Crippen LogP contribution in [0.25, 0.3) is 101 Å². The minimum absolute atomic E-state index is 0. The molecule has 0 amide bonds. The molecule has 6 heterocycles. The Balaban J connectivity index is 0.000000169. The van der Waals surface area contributed by atoms with Crippen LogP contribution < -0.4 is 0 Å². The number of halogens is 2. The van der Waals surface area contributed by atoms with E-state index in [-0.39, 0.29) is 72.0 Å². The van der Waals surface area contributed by atoms with E-state index in [1.165, 1.54) is 29.3 Å². The van der Waals surface area contributed by atoms with Crippen LogP contribution >= 0.6 is 0 Å². The fourth-order valence-electron chi connectivity index (χ4n) is 9.58. The zero-order valence-electron chi connectivity index (χ0n) is 54.3. The van der Waals surface area contributed by atoms with E-state index in [1.807, 2.05) is 243 Å². The van der Waals surface area contributed by atoms with Crippen molar-refractivity contribution in [1.29, 1.82) is 0 Å². The molecule has 0 fully saturated rings. The molecule has 0 saturated heterocycles. The standard InChI is InChI=1S/C20H18N.C18H13FN.C17H11FN.3C11H8N.3Ir/c1-15(2)16-8-10-17(11-9-16)19-12-13-20(21-14-19)18-6-4-3-5-7-18;1-13-11-15(7-9-17(13)19)16-8-10-18(20-12-16)14-5-3-2-4-6-14;18-16-9-6-13(7-10-16)15-8-11-17(19-12-15)14-4-2-1-3-5-14;3*1-2-6-10(7-3-1)11-8-4-5-9-12-11;;;/h3-6,8-15H,1-2H3;2-5,7-12H,1H3;1-4,6-12H;3*1-6,8-9H;;;/q6*-1;;;. The van der Waals surface area contributed by atoms with Gasteiger partial charge in [-0.25, -0.2) is 8.78 Å². The van der Waals surface area contributed by atoms with Gasteiger partial charge in [0.15, 0.2) is 0 Å². The number of rotatable bonds is 10. The Morgan fingerprint density at radius 2 is 0.545 bits per heavy atom. The molecule has 0 atom stereocenters. The summed E-state index contributed by atoms with van der Waals surface area (Å²) in [5, 5.41) is 0. The van der Waals surface area contributed by atoms with Crippen molar-refractivity contribution in [2.45, 2.75) is 26.7 Å². The van der Waals surface area contributed by atoms with Crippen LogP contribution in [0.15, 0.2) is 340 Å². The summed E-state index contributed by atoms with van der Waals surface area (Å²) in [6.07, 6.45) is 10.9. The number of pyridine rings is 6. The van der Waals surface area contributed by atoms with Gasteiger partial charge >= 0.3 is 0 Å². The molecule has 0 aliphatic rings. The van der Waals surface area contributed by atoms with Gasteiger partial charge in [0.05, 0.1) is 0 Å². The molecule has 0 spiro atoms. The second kappa shape index (κ2) is 41.1. The van der Waals surface area contributed by atoms with Crippen molar-refractivity contribution in [3.63, 3.8) is 0 Å². The summed E-state index contributed by atoms with van der Waals surface area (Å²) in [6.45, 7) is 6.18. The molecule has 6 aromatic heterocycles. The van der Waals surface area contributed by atoms with Crippen molar-refractivity contribution in [2.24, 2.45) is 0 Å². The summed E-state index contributed by atoms with van der Waals surface area (Å²) < 4.78 is 26.1. The molecule has 99 heavy (non-hydrogen) atoms. The van der Waals surface area contributed by atoms with Crippen molar-refractivity contribution in [2.75, 3.05) is 0 Å². The van der Waals surface area contributed by atoms with Gasteiger partial charge in [0.25, 0.3) is 0 Å². The molecule has 15 rings (SSSR count). The van der Waals surface area contributed by atoms with Crippen molar-refractivity contribution >= 4 is 0 Å². The molecule has 0 saturated carbocycles. The summed E-state index contributed by atoms with van der Waals surface area (Å²) in [6, 6.07) is 116. The van der Waals surface area contributed by atoms with Crippen molar-refractivity contribution in [1.82, 2.24) is 29.9 Å². The summed E-state index contributed by atoms with van der Waals surface area (Å²) in [7, 11) is 0. The smallest absolute Gasteiger partial charge is 0.126 e. The third kappa shape index (κ3) is 23.7. The Hall–Kier alpha value is -10.3. The predicted molar refractivity (Wildman–Crippen MR) is 386 cm³/mol. The number of aryl methyl sites for hydroxylation is 1. The van der Waals surface area contributed by atoms with Crippen LogP contribution in [-0.4, -0.2) is 29.9 Å². The van der Waals surface area contributed by atoms with Crippen molar-refractivity contribution in [3.8, 4) is 101 Å². The molecular formula is C88H66F2Ir3N6-6. The van der Waals surface area contributed by atoms with E-state index >= 15 is 0 Å². The molecule has 495 valence electrons. The SMILES string of the molecule is CC(C)c1ccc(-c2ccc(-c3[c-]cccc3)nc2)cc1.Cc1cc(-c2ccc(-c3[c-]cccc3)nc2)ccc1F.Fc1ccc(-c2ccc(-c3[c-]cccc3)nc2)cc1.[Ir].[Ir].[Ir].[c-]1ccccc1-c1ccccn1.[c-]1ccccc1-c1ccccn1.[c-]1ccccc1-c1ccccn1. The molecule has 3 radical (unpaired) electrons. The second-order valence-electron chi connectivity index (χ2n) is 21.8. The minimum Gasteiger partial charge on any atom is -0.305 e. The van der Waals surface area contributed by atoms with Crippen molar-refractivity contribution in [3.05, 3.63) is 400 Å². The quantitative estimate of drug-likeness (QED) is 0.127. The van der Waals surface area contributed by atoms with Gasteiger partial charge in [0.2, 0.25) is 0 Å². The summed E-state index contributed by atoms with van der Waals surface area (Å²) in [5.41, 5.74) is 19.9. The number of hydrogen-bond donors (Lipinski definition) is 0. The third-order valence-corrected chi connectivity index (χ3v) is 14.8. The number of benzene rings is 9. The Bertz CT molecular complexity index is 4370. The van der Waals surface area contributed by atoms with Gasteiger partial charge in [-0.05, 0) is 134 Å². The first-order valence-electron chi connectivity index (χ1n) is 31.3. The first-order chi connectivity index (χ1) is 47.2. The maximum atomic E-state index is 13.3. The average Bonchev–Trinajstić information content (AvgIpc) is 0.904. The van der Waals surface area contributed by atoms with Gasteiger partial charge < -0.3 is 29.9 Å². The fraction of sp³-hybridized carbons (Fsp3) is 0.0455. The Kier molecular flexibility index (Phi) is 31.5. The van der Waals surface area contributed by atoms with Gasteiger partial charge in [-0.2, -0.15) is 0 Å². The van der Waals surface area contributed by atoms with Crippen LogP contribution in [0, 0.1) is 55.0 Å². The fourth-order valence-corrected chi connectivity index (χ4v) is 9.58. The summed E-state index contributed by atoms with van der Waals surface area (Å²) in [4.78, 5) is 26.1. The topological polar surface area (TPSA) is 77.3 Å². The maximum absolute atomic E-state index is 13.3. The number of aromatic nitrogens is 6. The first kappa shape index (κ1) is 76.1. The van der Waals surface area contributed by atoms with Crippen LogP contribution in [0.4, 0.5) is 8.78 Å². The molecule has 6 nitrogen and oxygen atoms in total. The largest absolute Gasteiger partial charge is 0.305 e. The van der Waals surface area contributed by atoms with Crippen LogP contribution in [0.3, 0.4) is 0 Å². The molecular weight excluding hydrogens is 1760 g/mol. The Labute approximate surface area is 621 Å². The van der Waals surface area contributed by atoms with E-state index in [1.54, 1.807) is 49.9 Å². The Morgan fingerprint density at radius 3 is 0.798 bits per heavy atom. The minimum atomic E-state index is -0.229. The van der Waals surface area contributed by atoms with E-state index in [9.17, 15) is 8.78 Å². The third-order valence-electron chi connectivity index (χ3n) is 14.8. The molecule has 0 unspecified atom stereocenters. The second-order valence-corrected chi connectivity index (χ2v) is 21.8. The van der Waals surface area contributed by atoms with Gasteiger partial charge in [0, 0.05) is 97.5 Å². The predicted octanol–water partition coefficient (Wildman–Crippen LogP) is 22.0. The van der Waals surface area contributed by atoms with Crippen molar-refractivity contribution < 1.29 is 69.1 Å². The van der Waals surface area contributed by atoms with Gasteiger partial charge in [-0.15, -0.1) is 215 Å². The zero-order chi connectivity index (χ0) is 66.4. The van der Waals surface area contributed by atoms with Gasteiger partial charge in [-0.3, -0.25) is 0 Å². The summed E-state index contributed by atoms with van der Waals surface area (Å²) >= 11 is 0. The molecule has 0 N–H and O–H groups in total. The monoisotopic (exact) mass is 1820 g/mol. The van der Waals surface area contributed by atoms with E-state index < -0.39 is 0 Å². The first-order valence-corrected chi connectivity index (χ1v) is 31.3. The summed E-state index contributed by atoms with van der Waals surface area (Å²) in [5.74, 6) is 0.151. The maximum Gasteiger partial charge on any atom is 0.126 e. The van der Waals surface area contributed by atoms with Crippen LogP contribution in [0.5, 0.6) is 0 Å². The Morgan fingerprint density at radius 1 is 0.273 bits per heavy atom. The zero-order valence-corrected chi connectivity index (χ0v) is 61.5. The molecule has 9 aromatic carbocycles. The van der Waals surface area contributed by atoms with Crippen LogP contribution in [0.2, 0.25) is 0 Å². The van der Waals surface area contributed by atoms with E-state index in [4.69, 9.17) is 0 Å². The van der Waals surface area contributed by atoms with E-state index in [0.717, 1.165) is 95.4 Å². The number of nitrogens with zero attached hydrogens (tertiary/aromatic N) is 6. The molecule has 15 aromatic rings. The number of hydrogen-bond acceptors (Lipinski definition) is 6. The molecule has 0 aliphatic heterocycles. The van der Waals surface area contributed by atoms with E-state index in [2.05, 4.69) is 117 Å². The molecule has 0 aliphatic carbocycles. The van der Waals surface area contributed by atoms with Crippen LogP contribution in [-0.2, 0) is 60.3 Å². The van der Waals surface area contributed by atoms with E-state index in [0.29, 0.717) is 11.5 Å². The van der Waals surface area contributed by atoms with Crippen LogP contribution in [0.1, 0.15) is 30.9 Å². The molecule has 0 bridgehead atoms. The molecule has 11 heteroatoms. The van der Waals surface area contributed by atoms with Gasteiger partial charge in [0.1, 0.15) is 11.6 Å².